The summed E-state index contributed by atoms with van der Waals surface area (Å²) in [6.45, 7) is 0.419. The van der Waals surface area contributed by atoms with Crippen LogP contribution in [0.3, 0.4) is 0 Å². The minimum absolute atomic E-state index is 0.344. The molecule has 1 aromatic heterocycles. The molecule has 0 bridgehead atoms. The molecule has 0 spiro atoms. The molecule has 0 saturated carbocycles. The molecule has 0 fully saturated rings. The highest BCUT2D eigenvalue weighted by Crippen LogP contribution is 2.25. The fourth-order valence-corrected chi connectivity index (χ4v) is 1.77. The molecule has 2 N–H and O–H groups in total. The minimum atomic E-state index is 0.344. The van der Waals surface area contributed by atoms with E-state index in [1.807, 2.05) is 18.2 Å². The van der Waals surface area contributed by atoms with Crippen molar-refractivity contribution in [3.05, 3.63) is 41.2 Å². The van der Waals surface area contributed by atoms with Gasteiger partial charge in [0.2, 0.25) is 0 Å². The molecule has 5 heteroatoms. The summed E-state index contributed by atoms with van der Waals surface area (Å²) in [6, 6.07) is 5.92. The average Bonchev–Trinajstić information content (AvgIpc) is 2.39. The maximum Gasteiger partial charge on any atom is 0.316 e. The van der Waals surface area contributed by atoms with E-state index in [9.17, 15) is 0 Å². The SMILES string of the molecule is COc1ncc(-c2ccc(Cl)cc2CN)cn1. The Balaban J connectivity index is 2.44. The van der Waals surface area contributed by atoms with Crippen LogP contribution in [0.15, 0.2) is 30.6 Å². The van der Waals surface area contributed by atoms with Crippen molar-refractivity contribution in [2.24, 2.45) is 5.73 Å². The molecule has 0 unspecified atom stereocenters. The van der Waals surface area contributed by atoms with E-state index >= 15 is 0 Å². The molecule has 88 valence electrons. The minimum Gasteiger partial charge on any atom is -0.467 e. The predicted molar refractivity (Wildman–Crippen MR) is 66.9 cm³/mol. The van der Waals surface area contributed by atoms with Gasteiger partial charge in [-0.1, -0.05) is 17.7 Å². The van der Waals surface area contributed by atoms with Crippen LogP contribution in [0.2, 0.25) is 5.02 Å². The van der Waals surface area contributed by atoms with Gasteiger partial charge in [-0.2, -0.15) is 0 Å². The molecule has 17 heavy (non-hydrogen) atoms. The van der Waals surface area contributed by atoms with Crippen molar-refractivity contribution in [1.82, 2.24) is 9.97 Å². The fourth-order valence-electron chi connectivity index (χ4n) is 1.57. The van der Waals surface area contributed by atoms with Crippen LogP contribution >= 0.6 is 11.6 Å². The summed E-state index contributed by atoms with van der Waals surface area (Å²) >= 11 is 5.92. The molecular weight excluding hydrogens is 238 g/mol. The highest BCUT2D eigenvalue weighted by atomic mass is 35.5. The van der Waals surface area contributed by atoms with E-state index < -0.39 is 0 Å². The van der Waals surface area contributed by atoms with Crippen LogP contribution in [0.1, 0.15) is 5.56 Å². The van der Waals surface area contributed by atoms with Gasteiger partial charge in [-0.3, -0.25) is 0 Å². The van der Waals surface area contributed by atoms with Crippen LogP contribution in [0.25, 0.3) is 11.1 Å². The van der Waals surface area contributed by atoms with E-state index in [1.54, 1.807) is 12.4 Å². The third-order valence-electron chi connectivity index (χ3n) is 2.41. The van der Waals surface area contributed by atoms with Crippen molar-refractivity contribution < 1.29 is 4.74 Å². The average molecular weight is 250 g/mol. The summed E-state index contributed by atoms with van der Waals surface area (Å²) in [7, 11) is 1.53. The Morgan fingerprint density at radius 1 is 1.29 bits per heavy atom. The van der Waals surface area contributed by atoms with E-state index in [0.717, 1.165) is 16.7 Å². The number of hydrogen-bond acceptors (Lipinski definition) is 4. The molecule has 2 rings (SSSR count). The number of ether oxygens (including phenoxy) is 1. The molecule has 0 saturated heterocycles. The molecular formula is C12H12ClN3O. The van der Waals surface area contributed by atoms with Gasteiger partial charge < -0.3 is 10.5 Å². The van der Waals surface area contributed by atoms with Gasteiger partial charge in [-0.15, -0.1) is 0 Å². The molecule has 0 amide bonds. The lowest BCUT2D eigenvalue weighted by Crippen LogP contribution is -2.00. The molecule has 0 radical (unpaired) electrons. The number of nitrogens with zero attached hydrogens (tertiary/aromatic N) is 2. The lowest BCUT2D eigenvalue weighted by molar-refractivity contribution is 0.380. The highest BCUT2D eigenvalue weighted by Gasteiger charge is 2.06. The highest BCUT2D eigenvalue weighted by molar-refractivity contribution is 6.30. The standard InChI is InChI=1S/C12H12ClN3O/c1-17-12-15-6-9(7-16-12)11-3-2-10(13)4-8(11)5-14/h2-4,6-7H,5,14H2,1H3. The van der Waals surface area contributed by atoms with Crippen LogP contribution in [0, 0.1) is 0 Å². The molecule has 0 atom stereocenters. The Bertz CT molecular complexity index is 514. The number of rotatable bonds is 3. The maximum absolute atomic E-state index is 5.92. The van der Waals surface area contributed by atoms with Gasteiger partial charge in [-0.05, 0) is 23.3 Å². The molecule has 1 heterocycles. The number of aromatic nitrogens is 2. The molecule has 1 aromatic carbocycles. The van der Waals surface area contributed by atoms with Crippen LogP contribution < -0.4 is 10.5 Å². The third-order valence-corrected chi connectivity index (χ3v) is 2.64. The van der Waals surface area contributed by atoms with Crippen molar-refractivity contribution in [2.45, 2.75) is 6.54 Å². The first-order valence-electron chi connectivity index (χ1n) is 5.09. The van der Waals surface area contributed by atoms with Gasteiger partial charge in [0, 0.05) is 29.5 Å². The Hall–Kier alpha value is -1.65. The second-order valence-corrected chi connectivity index (χ2v) is 3.90. The number of hydrogen-bond donors (Lipinski definition) is 1. The monoisotopic (exact) mass is 249 g/mol. The fraction of sp³-hybridized carbons (Fsp3) is 0.167. The van der Waals surface area contributed by atoms with Gasteiger partial charge in [0.05, 0.1) is 7.11 Å². The van der Waals surface area contributed by atoms with E-state index in [-0.39, 0.29) is 0 Å². The second kappa shape index (κ2) is 5.12. The summed E-state index contributed by atoms with van der Waals surface area (Å²) in [4.78, 5) is 8.13. The molecule has 0 aliphatic heterocycles. The summed E-state index contributed by atoms with van der Waals surface area (Å²) in [5, 5.41) is 0.670. The van der Waals surface area contributed by atoms with Crippen molar-refractivity contribution in [3.8, 4) is 17.1 Å². The summed E-state index contributed by atoms with van der Waals surface area (Å²) < 4.78 is 4.91. The van der Waals surface area contributed by atoms with Crippen LogP contribution in [0.5, 0.6) is 6.01 Å². The van der Waals surface area contributed by atoms with Crippen molar-refractivity contribution in [2.75, 3.05) is 7.11 Å². The molecule has 0 aliphatic carbocycles. The lowest BCUT2D eigenvalue weighted by atomic mass is 10.0. The van der Waals surface area contributed by atoms with Gasteiger partial charge >= 0.3 is 6.01 Å². The van der Waals surface area contributed by atoms with E-state index in [2.05, 4.69) is 9.97 Å². The van der Waals surface area contributed by atoms with Gasteiger partial charge in [-0.25, -0.2) is 9.97 Å². The van der Waals surface area contributed by atoms with E-state index in [1.165, 1.54) is 7.11 Å². The quantitative estimate of drug-likeness (QED) is 0.907. The lowest BCUT2D eigenvalue weighted by Gasteiger charge is -2.08. The van der Waals surface area contributed by atoms with Crippen molar-refractivity contribution in [3.63, 3.8) is 0 Å². The maximum atomic E-state index is 5.92. The van der Waals surface area contributed by atoms with E-state index in [0.29, 0.717) is 17.6 Å². The largest absolute Gasteiger partial charge is 0.467 e. The Labute approximate surface area is 104 Å². The molecule has 0 aliphatic rings. The number of methoxy groups -OCH3 is 1. The van der Waals surface area contributed by atoms with Crippen molar-refractivity contribution >= 4 is 11.6 Å². The Kier molecular flexibility index (Phi) is 3.56. The zero-order valence-corrected chi connectivity index (χ0v) is 10.1. The number of nitrogens with two attached hydrogens (primary N) is 1. The van der Waals surface area contributed by atoms with Crippen molar-refractivity contribution in [1.29, 1.82) is 0 Å². The predicted octanol–water partition coefficient (Wildman–Crippen LogP) is 2.26. The zero-order valence-electron chi connectivity index (χ0n) is 9.35. The Morgan fingerprint density at radius 3 is 2.59 bits per heavy atom. The van der Waals surface area contributed by atoms with E-state index in [4.69, 9.17) is 22.1 Å². The Morgan fingerprint density at radius 2 is 2.00 bits per heavy atom. The smallest absolute Gasteiger partial charge is 0.316 e. The first kappa shape index (κ1) is 11.8. The van der Waals surface area contributed by atoms with Gasteiger partial charge in [0.25, 0.3) is 0 Å². The number of halogens is 1. The van der Waals surface area contributed by atoms with Gasteiger partial charge in [0.1, 0.15) is 0 Å². The van der Waals surface area contributed by atoms with Crippen LogP contribution in [0.4, 0.5) is 0 Å². The number of benzene rings is 1. The first-order chi connectivity index (χ1) is 8.24. The van der Waals surface area contributed by atoms with Gasteiger partial charge in [0.15, 0.2) is 0 Å². The molecule has 4 nitrogen and oxygen atoms in total. The van der Waals surface area contributed by atoms with Crippen LogP contribution in [-0.4, -0.2) is 17.1 Å². The third kappa shape index (κ3) is 2.54. The summed E-state index contributed by atoms with van der Waals surface area (Å²) in [5.74, 6) is 0. The molecule has 2 aromatic rings. The zero-order chi connectivity index (χ0) is 12.3. The first-order valence-corrected chi connectivity index (χ1v) is 5.47. The van der Waals surface area contributed by atoms with Crippen LogP contribution in [-0.2, 0) is 6.54 Å². The topological polar surface area (TPSA) is 61.0 Å². The summed E-state index contributed by atoms with van der Waals surface area (Å²) in [6.07, 6.45) is 3.41. The summed E-state index contributed by atoms with van der Waals surface area (Å²) in [5.41, 5.74) is 8.53. The second-order valence-electron chi connectivity index (χ2n) is 3.46. The normalized spacial score (nSPS) is 10.3.